The molecule has 51 heavy (non-hydrogen) atoms. The molecule has 0 saturated carbocycles. The number of carbonyl (C=O) groups is 2. The fourth-order valence-corrected chi connectivity index (χ4v) is 6.00. The van der Waals surface area contributed by atoms with Crippen LogP contribution < -0.4 is 5.73 Å². The van der Waals surface area contributed by atoms with E-state index in [0.29, 0.717) is 6.42 Å². The molecule has 0 aliphatic carbocycles. The van der Waals surface area contributed by atoms with Crippen molar-refractivity contribution in [2.24, 2.45) is 5.73 Å². The summed E-state index contributed by atoms with van der Waals surface area (Å²) in [7, 11) is -4.38. The van der Waals surface area contributed by atoms with Crippen LogP contribution in [0.2, 0.25) is 0 Å². The van der Waals surface area contributed by atoms with Crippen LogP contribution in [0, 0.1) is 0 Å². The number of unbranched alkanes of at least 4 members (excludes halogenated alkanes) is 16. The van der Waals surface area contributed by atoms with E-state index in [4.69, 9.17) is 24.3 Å². The number of esters is 2. The van der Waals surface area contributed by atoms with Crippen molar-refractivity contribution in [1.29, 1.82) is 0 Å². The van der Waals surface area contributed by atoms with Crippen LogP contribution in [0.4, 0.5) is 0 Å². The Balaban J connectivity index is 4.21. The third-order valence-corrected chi connectivity index (χ3v) is 9.18. The second-order valence-electron chi connectivity index (χ2n) is 13.1. The average molecular weight is 740 g/mol. The van der Waals surface area contributed by atoms with Crippen LogP contribution in [0.15, 0.2) is 48.6 Å². The van der Waals surface area contributed by atoms with Gasteiger partial charge in [0.15, 0.2) is 6.10 Å². The molecule has 10 heteroatoms. The third-order valence-electron chi connectivity index (χ3n) is 8.20. The number of ether oxygens (including phenoxy) is 2. The number of allylic oxidation sites excluding steroid dienone is 8. The Kier molecular flexibility index (Phi) is 36.2. The number of hydrogen-bond donors (Lipinski definition) is 2. The highest BCUT2D eigenvalue weighted by molar-refractivity contribution is 7.47. The Bertz CT molecular complexity index is 981. The molecule has 0 aromatic heterocycles. The number of carbonyl (C=O) groups excluding carboxylic acids is 2. The molecule has 0 aromatic rings. The van der Waals surface area contributed by atoms with Gasteiger partial charge in [-0.05, 0) is 70.6 Å². The number of nitrogens with two attached hydrogens (primary N) is 1. The first-order chi connectivity index (χ1) is 24.8. The van der Waals surface area contributed by atoms with E-state index in [2.05, 4.69) is 62.5 Å². The largest absolute Gasteiger partial charge is 0.472 e. The summed E-state index contributed by atoms with van der Waals surface area (Å²) in [5.41, 5.74) is 5.33. The molecular weight excluding hydrogens is 665 g/mol. The Labute approximate surface area is 311 Å². The summed E-state index contributed by atoms with van der Waals surface area (Å²) in [6.07, 6.45) is 41.4. The van der Waals surface area contributed by atoms with Crippen LogP contribution in [0.1, 0.15) is 168 Å². The molecule has 0 fully saturated rings. The molecule has 0 spiro atoms. The van der Waals surface area contributed by atoms with E-state index in [0.717, 1.165) is 83.5 Å². The van der Waals surface area contributed by atoms with Gasteiger partial charge < -0.3 is 20.1 Å². The van der Waals surface area contributed by atoms with Crippen molar-refractivity contribution in [1.82, 2.24) is 0 Å². The van der Waals surface area contributed by atoms with Gasteiger partial charge in [-0.25, -0.2) is 4.57 Å². The van der Waals surface area contributed by atoms with E-state index in [9.17, 15) is 19.0 Å². The molecule has 3 N–H and O–H groups in total. The zero-order valence-corrected chi connectivity index (χ0v) is 33.2. The van der Waals surface area contributed by atoms with Gasteiger partial charge in [0.1, 0.15) is 6.61 Å². The van der Waals surface area contributed by atoms with E-state index < -0.39 is 32.5 Å². The van der Waals surface area contributed by atoms with Gasteiger partial charge in [0, 0.05) is 19.4 Å². The van der Waals surface area contributed by atoms with Crippen molar-refractivity contribution in [2.75, 3.05) is 26.4 Å². The summed E-state index contributed by atoms with van der Waals surface area (Å²) < 4.78 is 32.7. The van der Waals surface area contributed by atoms with Crippen molar-refractivity contribution in [3.8, 4) is 0 Å². The second kappa shape index (κ2) is 37.7. The minimum Gasteiger partial charge on any atom is -0.462 e. The first-order valence-electron chi connectivity index (χ1n) is 20.1. The van der Waals surface area contributed by atoms with Crippen molar-refractivity contribution in [2.45, 2.75) is 174 Å². The van der Waals surface area contributed by atoms with E-state index in [-0.39, 0.29) is 32.6 Å². The SMILES string of the molecule is CCC=CCC=CCC=CCCCCCCCCCC(=O)OCC(COP(=O)(O)OCCN)OC(=O)CCCCCCCC=CCCCCCC. The second-order valence-corrected chi connectivity index (χ2v) is 14.6. The van der Waals surface area contributed by atoms with Crippen molar-refractivity contribution >= 4 is 19.8 Å². The van der Waals surface area contributed by atoms with Crippen LogP contribution in [0.3, 0.4) is 0 Å². The van der Waals surface area contributed by atoms with Gasteiger partial charge in [-0.1, -0.05) is 133 Å². The molecule has 2 unspecified atom stereocenters. The first-order valence-corrected chi connectivity index (χ1v) is 21.6. The van der Waals surface area contributed by atoms with Gasteiger partial charge in [-0.3, -0.25) is 18.6 Å². The number of phosphoric ester groups is 1. The van der Waals surface area contributed by atoms with E-state index in [1.807, 2.05) is 0 Å². The van der Waals surface area contributed by atoms with Gasteiger partial charge >= 0.3 is 19.8 Å². The Morgan fingerprint density at radius 1 is 0.608 bits per heavy atom. The molecule has 0 saturated heterocycles. The summed E-state index contributed by atoms with van der Waals surface area (Å²) in [6.45, 7) is 3.57. The molecule has 2 atom stereocenters. The van der Waals surface area contributed by atoms with Gasteiger partial charge in [-0.2, -0.15) is 0 Å². The Morgan fingerprint density at radius 2 is 1.08 bits per heavy atom. The molecule has 0 bridgehead atoms. The van der Waals surface area contributed by atoms with Crippen LogP contribution in [-0.4, -0.2) is 49.3 Å². The summed E-state index contributed by atoms with van der Waals surface area (Å²) in [6, 6.07) is 0. The molecule has 0 radical (unpaired) electrons. The zero-order valence-electron chi connectivity index (χ0n) is 32.3. The molecular formula is C41H74NO8P. The lowest BCUT2D eigenvalue weighted by molar-refractivity contribution is -0.161. The van der Waals surface area contributed by atoms with Crippen molar-refractivity contribution in [3.05, 3.63) is 48.6 Å². The highest BCUT2D eigenvalue weighted by Crippen LogP contribution is 2.43. The zero-order chi connectivity index (χ0) is 37.5. The lowest BCUT2D eigenvalue weighted by atomic mass is 10.1. The Morgan fingerprint density at radius 3 is 1.63 bits per heavy atom. The van der Waals surface area contributed by atoms with Gasteiger partial charge in [-0.15, -0.1) is 0 Å². The molecule has 0 aliphatic rings. The normalized spacial score (nSPS) is 13.9. The van der Waals surface area contributed by atoms with Crippen LogP contribution in [0.5, 0.6) is 0 Å². The number of hydrogen-bond acceptors (Lipinski definition) is 8. The minimum absolute atomic E-state index is 0.0491. The van der Waals surface area contributed by atoms with E-state index in [1.165, 1.54) is 51.4 Å². The summed E-state index contributed by atoms with van der Waals surface area (Å²) in [5.74, 6) is -0.853. The van der Waals surface area contributed by atoms with Gasteiger partial charge in [0.05, 0.1) is 13.2 Å². The molecule has 0 aliphatic heterocycles. The van der Waals surface area contributed by atoms with E-state index in [1.54, 1.807) is 0 Å². The fourth-order valence-electron chi connectivity index (χ4n) is 5.23. The summed E-state index contributed by atoms with van der Waals surface area (Å²) >= 11 is 0. The lowest BCUT2D eigenvalue weighted by Crippen LogP contribution is -2.29. The predicted molar refractivity (Wildman–Crippen MR) is 210 cm³/mol. The Hall–Kier alpha value is -2.03. The smallest absolute Gasteiger partial charge is 0.462 e. The summed E-state index contributed by atoms with van der Waals surface area (Å²) in [4.78, 5) is 34.8. The third kappa shape index (κ3) is 37.5. The van der Waals surface area contributed by atoms with Crippen LogP contribution in [-0.2, 0) is 32.7 Å². The van der Waals surface area contributed by atoms with E-state index >= 15 is 0 Å². The number of phosphoric acid groups is 1. The molecule has 0 rings (SSSR count). The molecule has 0 aromatic carbocycles. The molecule has 0 amide bonds. The first kappa shape index (κ1) is 49.0. The predicted octanol–water partition coefficient (Wildman–Crippen LogP) is 11.2. The summed E-state index contributed by atoms with van der Waals surface area (Å²) in [5, 5.41) is 0. The maximum atomic E-state index is 12.5. The monoisotopic (exact) mass is 740 g/mol. The maximum absolute atomic E-state index is 12.5. The molecule has 9 nitrogen and oxygen atoms in total. The van der Waals surface area contributed by atoms with Crippen LogP contribution >= 0.6 is 7.82 Å². The average Bonchev–Trinajstić information content (AvgIpc) is 3.11. The topological polar surface area (TPSA) is 134 Å². The number of rotatable bonds is 37. The van der Waals surface area contributed by atoms with Crippen LogP contribution in [0.25, 0.3) is 0 Å². The minimum atomic E-state index is -4.38. The van der Waals surface area contributed by atoms with Gasteiger partial charge in [0.2, 0.25) is 0 Å². The standard InChI is InChI=1S/C41H74NO8P/c1-3-5-7-9-11-13-15-17-18-19-20-22-23-25-27-29-31-33-40(43)47-37-39(38-49-51(45,46)48-36-35-42)50-41(44)34-32-30-28-26-24-21-16-14-12-10-8-6-4-2/h5,7,11,13-14,16-18,39H,3-4,6,8-10,12,15,19-38,42H2,1-2H3,(H,45,46). The lowest BCUT2D eigenvalue weighted by Gasteiger charge is -2.19. The maximum Gasteiger partial charge on any atom is 0.472 e. The highest BCUT2D eigenvalue weighted by Gasteiger charge is 2.25. The fraction of sp³-hybridized carbons (Fsp3) is 0.756. The quantitative estimate of drug-likeness (QED) is 0.0276. The molecule has 296 valence electrons. The van der Waals surface area contributed by atoms with Crippen molar-refractivity contribution in [3.63, 3.8) is 0 Å². The van der Waals surface area contributed by atoms with Gasteiger partial charge in [0.25, 0.3) is 0 Å². The van der Waals surface area contributed by atoms with Crippen molar-refractivity contribution < 1.29 is 37.6 Å². The highest BCUT2D eigenvalue weighted by atomic mass is 31.2. The molecule has 0 heterocycles.